The van der Waals surface area contributed by atoms with Crippen molar-refractivity contribution in [3.05, 3.63) is 53.6 Å². The molecule has 2 aromatic carbocycles. The monoisotopic (exact) mass is 491 g/mol. The van der Waals surface area contributed by atoms with E-state index in [1.165, 1.54) is 0 Å². The van der Waals surface area contributed by atoms with Gasteiger partial charge in [0.15, 0.2) is 0 Å². The number of piperazine rings is 1. The van der Waals surface area contributed by atoms with Crippen LogP contribution in [0.3, 0.4) is 0 Å². The van der Waals surface area contributed by atoms with Crippen molar-refractivity contribution in [2.24, 2.45) is 5.92 Å². The number of benzene rings is 2. The first-order valence-electron chi connectivity index (χ1n) is 12.7. The van der Waals surface area contributed by atoms with Gasteiger partial charge < -0.3 is 30.1 Å². The first kappa shape index (κ1) is 24.1. The van der Waals surface area contributed by atoms with Crippen LogP contribution in [0.4, 0.5) is 21.9 Å². The highest BCUT2D eigenvalue weighted by atomic mass is 16.5. The topological polar surface area (TPSA) is 94.2 Å². The van der Waals surface area contributed by atoms with E-state index in [1.807, 2.05) is 43.3 Å². The molecule has 190 valence electrons. The normalized spacial score (nSPS) is 18.1. The van der Waals surface area contributed by atoms with Gasteiger partial charge in [0.25, 0.3) is 5.91 Å². The van der Waals surface area contributed by atoms with Crippen molar-refractivity contribution in [1.29, 1.82) is 0 Å². The second-order valence-electron chi connectivity index (χ2n) is 9.67. The molecule has 9 heteroatoms. The second-order valence-corrected chi connectivity index (χ2v) is 9.67. The fraction of sp³-hybridized carbons (Fsp3) is 0.444. The summed E-state index contributed by atoms with van der Waals surface area (Å²) >= 11 is 0. The summed E-state index contributed by atoms with van der Waals surface area (Å²) in [5, 5.41) is 5.94. The van der Waals surface area contributed by atoms with Crippen LogP contribution < -0.4 is 15.5 Å². The molecule has 1 aliphatic carbocycles. The lowest BCUT2D eigenvalue weighted by Crippen LogP contribution is -2.50. The largest absolute Gasteiger partial charge is 0.378 e. The van der Waals surface area contributed by atoms with Crippen molar-refractivity contribution >= 4 is 34.9 Å². The number of carbonyl (C=O) groups excluding carboxylic acids is 3. The Morgan fingerprint density at radius 3 is 2.25 bits per heavy atom. The van der Waals surface area contributed by atoms with Gasteiger partial charge in [-0.15, -0.1) is 0 Å². The molecule has 0 radical (unpaired) electrons. The number of nitrogens with one attached hydrogen (secondary N) is 2. The first-order chi connectivity index (χ1) is 17.5. The summed E-state index contributed by atoms with van der Waals surface area (Å²) in [7, 11) is 0. The maximum atomic E-state index is 13.5. The minimum Gasteiger partial charge on any atom is -0.378 e. The number of urea groups is 1. The Bertz CT molecular complexity index is 1130. The quantitative estimate of drug-likeness (QED) is 0.670. The van der Waals surface area contributed by atoms with Gasteiger partial charge in [-0.3, -0.25) is 9.59 Å². The van der Waals surface area contributed by atoms with Crippen LogP contribution >= 0.6 is 0 Å². The number of hydrogen-bond donors (Lipinski definition) is 2. The summed E-state index contributed by atoms with van der Waals surface area (Å²) in [6, 6.07) is 13.2. The molecule has 3 aliphatic rings. The van der Waals surface area contributed by atoms with E-state index in [1.54, 1.807) is 15.9 Å². The van der Waals surface area contributed by atoms with Crippen LogP contribution in [0.2, 0.25) is 0 Å². The predicted octanol–water partition coefficient (Wildman–Crippen LogP) is 3.17. The molecule has 3 fully saturated rings. The Kier molecular flexibility index (Phi) is 7.09. The van der Waals surface area contributed by atoms with E-state index in [9.17, 15) is 14.4 Å². The fourth-order valence-corrected chi connectivity index (χ4v) is 4.66. The van der Waals surface area contributed by atoms with E-state index >= 15 is 0 Å². The highest BCUT2D eigenvalue weighted by Crippen LogP contribution is 2.32. The van der Waals surface area contributed by atoms with Crippen LogP contribution in [0, 0.1) is 12.8 Å². The average molecular weight is 492 g/mol. The van der Waals surface area contributed by atoms with Gasteiger partial charge in [0, 0.05) is 62.2 Å². The predicted molar refractivity (Wildman–Crippen MR) is 139 cm³/mol. The summed E-state index contributed by atoms with van der Waals surface area (Å²) in [6.07, 6.45) is 1.84. The van der Waals surface area contributed by atoms with Crippen molar-refractivity contribution in [3.8, 4) is 0 Å². The number of amides is 4. The highest BCUT2D eigenvalue weighted by Gasteiger charge is 2.31. The van der Waals surface area contributed by atoms with Gasteiger partial charge in [-0.2, -0.15) is 0 Å². The Morgan fingerprint density at radius 1 is 0.833 bits per heavy atom. The molecule has 2 aliphatic heterocycles. The Morgan fingerprint density at radius 2 is 1.56 bits per heavy atom. The van der Waals surface area contributed by atoms with Gasteiger partial charge >= 0.3 is 6.03 Å². The Balaban J connectivity index is 1.29. The van der Waals surface area contributed by atoms with Gasteiger partial charge in [0.1, 0.15) is 0 Å². The van der Waals surface area contributed by atoms with Crippen molar-refractivity contribution in [2.75, 3.05) is 68.0 Å². The maximum Gasteiger partial charge on any atom is 0.321 e. The molecule has 5 rings (SSSR count). The number of ether oxygens (including phenoxy) is 1. The molecule has 0 atom stereocenters. The minimum absolute atomic E-state index is 0.0146. The Labute approximate surface area is 211 Å². The third-order valence-electron chi connectivity index (χ3n) is 6.92. The van der Waals surface area contributed by atoms with E-state index < -0.39 is 0 Å². The summed E-state index contributed by atoms with van der Waals surface area (Å²) in [6.45, 7) is 6.44. The zero-order valence-corrected chi connectivity index (χ0v) is 20.7. The molecule has 0 aromatic heterocycles. The summed E-state index contributed by atoms with van der Waals surface area (Å²) in [4.78, 5) is 44.4. The van der Waals surface area contributed by atoms with Gasteiger partial charge in [-0.1, -0.05) is 12.1 Å². The zero-order valence-electron chi connectivity index (χ0n) is 20.7. The van der Waals surface area contributed by atoms with Crippen molar-refractivity contribution < 1.29 is 19.1 Å². The number of morpholine rings is 1. The SMILES string of the molecule is Cc1cccc(NC(=O)N2CCN(c3ccc(NC(=O)C4CC4)cc3C(=O)N3CCOCC3)CC2)c1. The van der Waals surface area contributed by atoms with Gasteiger partial charge in [-0.25, -0.2) is 4.79 Å². The van der Waals surface area contributed by atoms with Crippen LogP contribution in [0.25, 0.3) is 0 Å². The van der Waals surface area contributed by atoms with Gasteiger partial charge in [0.05, 0.1) is 18.8 Å². The lowest BCUT2D eigenvalue weighted by atomic mass is 10.1. The Hall–Kier alpha value is -3.59. The van der Waals surface area contributed by atoms with Crippen molar-refractivity contribution in [1.82, 2.24) is 9.80 Å². The van der Waals surface area contributed by atoms with E-state index in [2.05, 4.69) is 15.5 Å². The molecular weight excluding hydrogens is 458 g/mol. The third kappa shape index (κ3) is 5.62. The lowest BCUT2D eigenvalue weighted by molar-refractivity contribution is -0.117. The van der Waals surface area contributed by atoms with E-state index in [-0.39, 0.29) is 23.8 Å². The molecule has 2 heterocycles. The molecular formula is C27H33N5O4. The number of hydrogen-bond acceptors (Lipinski definition) is 5. The summed E-state index contributed by atoms with van der Waals surface area (Å²) < 4.78 is 5.42. The number of rotatable bonds is 5. The molecule has 9 nitrogen and oxygen atoms in total. The van der Waals surface area contributed by atoms with Crippen LogP contribution in [0.15, 0.2) is 42.5 Å². The van der Waals surface area contributed by atoms with Crippen LogP contribution in [-0.2, 0) is 9.53 Å². The highest BCUT2D eigenvalue weighted by molar-refractivity contribution is 6.02. The third-order valence-corrected chi connectivity index (χ3v) is 6.92. The molecule has 2 N–H and O–H groups in total. The second kappa shape index (κ2) is 10.6. The first-order valence-corrected chi connectivity index (χ1v) is 12.7. The van der Waals surface area contributed by atoms with Gasteiger partial charge in [-0.05, 0) is 55.7 Å². The molecule has 36 heavy (non-hydrogen) atoms. The molecule has 1 saturated carbocycles. The van der Waals surface area contributed by atoms with Crippen LogP contribution in [0.1, 0.15) is 28.8 Å². The van der Waals surface area contributed by atoms with Crippen LogP contribution in [-0.4, -0.2) is 80.1 Å². The van der Waals surface area contributed by atoms with E-state index in [4.69, 9.17) is 4.74 Å². The number of aryl methyl sites for hydroxylation is 1. The fourth-order valence-electron chi connectivity index (χ4n) is 4.66. The molecule has 0 bridgehead atoms. The molecule has 2 saturated heterocycles. The zero-order chi connectivity index (χ0) is 25.1. The van der Waals surface area contributed by atoms with E-state index in [0.717, 1.165) is 29.8 Å². The molecule has 4 amide bonds. The average Bonchev–Trinajstić information content (AvgIpc) is 3.75. The minimum atomic E-state index is -0.122. The smallest absolute Gasteiger partial charge is 0.321 e. The molecule has 2 aromatic rings. The number of carbonyl (C=O) groups is 3. The van der Waals surface area contributed by atoms with Gasteiger partial charge in [0.2, 0.25) is 5.91 Å². The molecule has 0 unspecified atom stereocenters. The van der Waals surface area contributed by atoms with E-state index in [0.29, 0.717) is 63.7 Å². The summed E-state index contributed by atoms with van der Waals surface area (Å²) in [5.41, 5.74) is 3.91. The summed E-state index contributed by atoms with van der Waals surface area (Å²) in [5.74, 6) is 0.0401. The number of nitrogens with zero attached hydrogens (tertiary/aromatic N) is 3. The standard InChI is InChI=1S/C27H33N5O4/c1-19-3-2-4-21(17-19)29-27(35)32-11-9-30(10-12-32)24-8-7-22(28-25(33)20-5-6-20)18-23(24)26(34)31-13-15-36-16-14-31/h2-4,7-8,17-18,20H,5-6,9-16H2,1H3,(H,28,33)(H,29,35). The number of anilines is 3. The molecule has 0 spiro atoms. The van der Waals surface area contributed by atoms with Crippen LogP contribution in [0.5, 0.6) is 0 Å². The maximum absolute atomic E-state index is 13.5. The lowest BCUT2D eigenvalue weighted by Gasteiger charge is -2.37. The van der Waals surface area contributed by atoms with Crippen molar-refractivity contribution in [3.63, 3.8) is 0 Å². The van der Waals surface area contributed by atoms with Crippen molar-refractivity contribution in [2.45, 2.75) is 19.8 Å².